The molecule has 0 saturated heterocycles. The van der Waals surface area contributed by atoms with E-state index >= 15 is 0 Å². The van der Waals surface area contributed by atoms with E-state index in [9.17, 15) is 0 Å². The lowest BCUT2D eigenvalue weighted by atomic mass is 9.98. The Morgan fingerprint density at radius 3 is 0.964 bits per heavy atom. The summed E-state index contributed by atoms with van der Waals surface area (Å²) in [6.45, 7) is 0. The van der Waals surface area contributed by atoms with Crippen LogP contribution in [-0.2, 0) is 0 Å². The van der Waals surface area contributed by atoms with Crippen LogP contribution in [0.4, 0.5) is 0 Å². The minimum atomic E-state index is 0.660. The van der Waals surface area contributed by atoms with E-state index < -0.39 is 0 Å². The summed E-state index contributed by atoms with van der Waals surface area (Å²) in [4.78, 5) is 20.1. The molecule has 0 saturated carbocycles. The van der Waals surface area contributed by atoms with Crippen LogP contribution >= 0.6 is 0 Å². The molecule has 7 aromatic carbocycles. The summed E-state index contributed by atoms with van der Waals surface area (Å²) < 4.78 is 12.6. The molecule has 0 radical (unpaired) electrons. The molecule has 4 aromatic heterocycles. The van der Waals surface area contributed by atoms with Crippen molar-refractivity contribution in [3.05, 3.63) is 182 Å². The number of furan rings is 2. The van der Waals surface area contributed by atoms with Crippen LogP contribution in [0.1, 0.15) is 0 Å². The van der Waals surface area contributed by atoms with Crippen molar-refractivity contribution in [3.63, 3.8) is 0 Å². The zero-order chi connectivity index (χ0) is 37.0. The quantitative estimate of drug-likeness (QED) is 0.170. The maximum Gasteiger partial charge on any atom is 0.180 e. The molecular weight excluding hydrogens is 689 g/mol. The summed E-state index contributed by atoms with van der Waals surface area (Å²) >= 11 is 0. The average Bonchev–Trinajstić information content (AvgIpc) is 3.85. The number of rotatable bonds is 6. The SMILES string of the molecule is c1ccc(-c2nc(-c3ccc(-c4ccc(-c5ccc(-c6nc(-c7ccccc7)c7oc8ccccc8c7n6)cc5)cc4)cc3)nc3c2oc2ccccc23)cc1. The molecule has 11 rings (SSSR count). The molecule has 0 unspecified atom stereocenters. The number of nitrogens with zero attached hydrogens (tertiary/aromatic N) is 4. The third-order valence-corrected chi connectivity index (χ3v) is 10.4. The van der Waals surface area contributed by atoms with Crippen LogP contribution in [0.15, 0.2) is 191 Å². The maximum atomic E-state index is 6.28. The first kappa shape index (κ1) is 31.8. The van der Waals surface area contributed by atoms with Gasteiger partial charge in [-0.2, -0.15) is 0 Å². The van der Waals surface area contributed by atoms with Gasteiger partial charge in [-0.25, -0.2) is 19.9 Å². The van der Waals surface area contributed by atoms with Gasteiger partial charge in [-0.05, 0) is 46.5 Å². The molecule has 0 N–H and O–H groups in total. The van der Waals surface area contributed by atoms with Crippen molar-refractivity contribution < 1.29 is 8.83 Å². The van der Waals surface area contributed by atoms with Gasteiger partial charge in [0, 0.05) is 33.0 Å². The molecule has 6 nitrogen and oxygen atoms in total. The Labute approximate surface area is 321 Å². The van der Waals surface area contributed by atoms with E-state index in [2.05, 4.69) is 97.1 Å². The Morgan fingerprint density at radius 2 is 0.589 bits per heavy atom. The third-order valence-electron chi connectivity index (χ3n) is 10.4. The van der Waals surface area contributed by atoms with Crippen molar-refractivity contribution in [3.8, 4) is 67.5 Å². The van der Waals surface area contributed by atoms with E-state index in [4.69, 9.17) is 28.8 Å². The van der Waals surface area contributed by atoms with E-state index in [0.29, 0.717) is 22.8 Å². The molecule has 0 atom stereocenters. The van der Waals surface area contributed by atoms with Crippen molar-refractivity contribution in [2.24, 2.45) is 0 Å². The van der Waals surface area contributed by atoms with Gasteiger partial charge in [0.2, 0.25) is 0 Å². The van der Waals surface area contributed by atoms with Crippen LogP contribution in [0.5, 0.6) is 0 Å². The average molecular weight is 719 g/mol. The molecule has 0 amide bonds. The highest BCUT2D eigenvalue weighted by molar-refractivity contribution is 6.08. The standard InChI is InChI=1S/C50H30N4O2/c1-3-11-35(12-4-1)43-47-45(39-15-7-9-17-41(39)55-47)53-49(51-43)37-27-23-33(24-28-37)31-19-21-32(22-20-31)34-25-29-38(30-26-34)50-52-44(36-13-5-2-6-14-36)48-46(54-50)40-16-8-10-18-42(40)56-48/h1-30H. The number of aromatic nitrogens is 4. The van der Waals surface area contributed by atoms with Crippen molar-refractivity contribution >= 4 is 44.1 Å². The molecule has 6 heteroatoms. The van der Waals surface area contributed by atoms with Crippen LogP contribution in [0.25, 0.3) is 112 Å². The molecule has 4 heterocycles. The van der Waals surface area contributed by atoms with Crippen LogP contribution < -0.4 is 0 Å². The largest absolute Gasteiger partial charge is 0.452 e. The van der Waals surface area contributed by atoms with Gasteiger partial charge in [-0.1, -0.05) is 158 Å². The van der Waals surface area contributed by atoms with Crippen LogP contribution in [0, 0.1) is 0 Å². The van der Waals surface area contributed by atoms with E-state index in [1.165, 1.54) is 0 Å². The normalized spacial score (nSPS) is 11.6. The highest BCUT2D eigenvalue weighted by Crippen LogP contribution is 2.38. The molecular formula is C50H30N4O2. The van der Waals surface area contributed by atoms with Gasteiger partial charge in [0.25, 0.3) is 0 Å². The van der Waals surface area contributed by atoms with Crippen molar-refractivity contribution in [2.45, 2.75) is 0 Å². The van der Waals surface area contributed by atoms with E-state index in [-0.39, 0.29) is 0 Å². The second-order valence-corrected chi connectivity index (χ2v) is 13.8. The van der Waals surface area contributed by atoms with Crippen LogP contribution in [0.3, 0.4) is 0 Å². The van der Waals surface area contributed by atoms with Crippen molar-refractivity contribution in [1.29, 1.82) is 0 Å². The summed E-state index contributed by atoms with van der Waals surface area (Å²) in [6, 6.07) is 61.9. The molecule has 0 aliphatic carbocycles. The second kappa shape index (κ2) is 13.0. The van der Waals surface area contributed by atoms with Gasteiger partial charge >= 0.3 is 0 Å². The van der Waals surface area contributed by atoms with Gasteiger partial charge in [0.1, 0.15) is 33.6 Å². The Hall–Kier alpha value is -7.70. The lowest BCUT2D eigenvalue weighted by Crippen LogP contribution is -1.94. The zero-order valence-corrected chi connectivity index (χ0v) is 29.9. The zero-order valence-electron chi connectivity index (χ0n) is 29.9. The Balaban J connectivity index is 0.887. The molecule has 56 heavy (non-hydrogen) atoms. The summed E-state index contributed by atoms with van der Waals surface area (Å²) in [5, 5.41) is 1.95. The molecule has 0 aliphatic heterocycles. The topological polar surface area (TPSA) is 77.8 Å². The highest BCUT2D eigenvalue weighted by atomic mass is 16.3. The molecule has 262 valence electrons. The minimum absolute atomic E-state index is 0.660. The summed E-state index contributed by atoms with van der Waals surface area (Å²) in [5.41, 5.74) is 14.5. The monoisotopic (exact) mass is 718 g/mol. The fraction of sp³-hybridized carbons (Fsp3) is 0. The molecule has 0 bridgehead atoms. The Morgan fingerprint density at radius 1 is 0.268 bits per heavy atom. The predicted molar refractivity (Wildman–Crippen MR) is 225 cm³/mol. The minimum Gasteiger partial charge on any atom is -0.452 e. The smallest absolute Gasteiger partial charge is 0.180 e. The first-order chi connectivity index (χ1) is 27.7. The molecule has 0 aliphatic rings. The summed E-state index contributed by atoms with van der Waals surface area (Å²) in [5.74, 6) is 1.32. The lowest BCUT2D eigenvalue weighted by molar-refractivity contribution is 0.667. The maximum absolute atomic E-state index is 6.28. The Kier molecular flexibility index (Phi) is 7.38. The lowest BCUT2D eigenvalue weighted by Gasteiger charge is -2.09. The predicted octanol–water partition coefficient (Wildman–Crippen LogP) is 13.1. The number of hydrogen-bond donors (Lipinski definition) is 0. The van der Waals surface area contributed by atoms with Gasteiger partial charge in [-0.15, -0.1) is 0 Å². The second-order valence-electron chi connectivity index (χ2n) is 13.8. The number of para-hydroxylation sites is 2. The van der Waals surface area contributed by atoms with Gasteiger partial charge in [0.15, 0.2) is 22.8 Å². The molecule has 0 spiro atoms. The summed E-state index contributed by atoms with van der Waals surface area (Å²) in [6.07, 6.45) is 0. The number of benzene rings is 7. The number of hydrogen-bond acceptors (Lipinski definition) is 6. The molecule has 11 aromatic rings. The first-order valence-corrected chi connectivity index (χ1v) is 18.5. The van der Waals surface area contributed by atoms with E-state index in [1.807, 2.05) is 84.9 Å². The van der Waals surface area contributed by atoms with Crippen molar-refractivity contribution in [2.75, 3.05) is 0 Å². The fourth-order valence-electron chi connectivity index (χ4n) is 7.50. The highest BCUT2D eigenvalue weighted by Gasteiger charge is 2.19. The Bertz CT molecular complexity index is 2990. The van der Waals surface area contributed by atoms with Gasteiger partial charge in [-0.3, -0.25) is 0 Å². The third kappa shape index (κ3) is 5.43. The van der Waals surface area contributed by atoms with Gasteiger partial charge in [0.05, 0.1) is 0 Å². The van der Waals surface area contributed by atoms with Crippen LogP contribution in [-0.4, -0.2) is 19.9 Å². The van der Waals surface area contributed by atoms with Crippen LogP contribution in [0.2, 0.25) is 0 Å². The first-order valence-electron chi connectivity index (χ1n) is 18.5. The number of fused-ring (bicyclic) bond motifs is 6. The van der Waals surface area contributed by atoms with E-state index in [1.54, 1.807) is 0 Å². The van der Waals surface area contributed by atoms with Gasteiger partial charge < -0.3 is 8.83 Å². The summed E-state index contributed by atoms with van der Waals surface area (Å²) in [7, 11) is 0. The fourth-order valence-corrected chi connectivity index (χ4v) is 7.50. The van der Waals surface area contributed by atoms with Crippen molar-refractivity contribution in [1.82, 2.24) is 19.9 Å². The molecule has 0 fully saturated rings. The van der Waals surface area contributed by atoms with E-state index in [0.717, 1.165) is 88.9 Å².